The van der Waals surface area contributed by atoms with Crippen molar-refractivity contribution in [1.29, 1.82) is 0 Å². The number of ether oxygens (including phenoxy) is 1. The van der Waals surface area contributed by atoms with Crippen LogP contribution in [0, 0.1) is 10.1 Å². The Bertz CT molecular complexity index is 473. The quantitative estimate of drug-likeness (QED) is 0.281. The van der Waals surface area contributed by atoms with E-state index in [1.165, 1.54) is 37.5 Å². The molecule has 0 heterocycles. The van der Waals surface area contributed by atoms with Gasteiger partial charge in [0.05, 0.1) is 11.0 Å². The number of carbonyl (C=O) groups excluding carboxylic acids is 1. The van der Waals surface area contributed by atoms with Gasteiger partial charge in [0.25, 0.3) is 5.69 Å². The Morgan fingerprint density at radius 2 is 2.10 bits per heavy atom. The standard InChI is InChI=1S/C16H23NO4/c1-3-4-5-6-8-13(2)21-12-16(18)14-9-7-10-15(11-14)17(19)20/h7,9-11,13H,3-6,8,12H2,1-2H3. The first kappa shape index (κ1) is 17.3. The predicted molar refractivity (Wildman–Crippen MR) is 81.6 cm³/mol. The number of Topliss-reactive ketones (excluding diaryl/α,β-unsaturated/α-hetero) is 1. The fourth-order valence-electron chi connectivity index (χ4n) is 2.04. The summed E-state index contributed by atoms with van der Waals surface area (Å²) in [6.45, 7) is 4.08. The highest BCUT2D eigenvalue weighted by atomic mass is 16.6. The Hall–Kier alpha value is -1.75. The molecule has 0 saturated heterocycles. The average molecular weight is 293 g/mol. The zero-order valence-corrected chi connectivity index (χ0v) is 12.7. The van der Waals surface area contributed by atoms with Gasteiger partial charge in [-0.15, -0.1) is 0 Å². The molecule has 0 saturated carbocycles. The highest BCUT2D eigenvalue weighted by Gasteiger charge is 2.13. The van der Waals surface area contributed by atoms with Crippen molar-refractivity contribution in [2.75, 3.05) is 6.61 Å². The summed E-state index contributed by atoms with van der Waals surface area (Å²) in [7, 11) is 0. The van der Waals surface area contributed by atoms with E-state index in [0.29, 0.717) is 5.56 Å². The van der Waals surface area contributed by atoms with Gasteiger partial charge in [-0.2, -0.15) is 0 Å². The normalized spacial score (nSPS) is 12.1. The van der Waals surface area contributed by atoms with Crippen LogP contribution in [0.4, 0.5) is 5.69 Å². The fraction of sp³-hybridized carbons (Fsp3) is 0.562. The summed E-state index contributed by atoms with van der Waals surface area (Å²) in [5.74, 6) is -0.223. The highest BCUT2D eigenvalue weighted by molar-refractivity contribution is 5.97. The van der Waals surface area contributed by atoms with E-state index in [9.17, 15) is 14.9 Å². The van der Waals surface area contributed by atoms with Crippen LogP contribution in [0.3, 0.4) is 0 Å². The molecule has 0 bridgehead atoms. The van der Waals surface area contributed by atoms with Crippen LogP contribution in [0.2, 0.25) is 0 Å². The van der Waals surface area contributed by atoms with Crippen molar-refractivity contribution in [2.24, 2.45) is 0 Å². The second-order valence-corrected chi connectivity index (χ2v) is 5.20. The Kier molecular flexibility index (Phi) is 7.61. The lowest BCUT2D eigenvalue weighted by Crippen LogP contribution is -2.16. The number of nitro benzene ring substituents is 1. The molecule has 1 aromatic rings. The Balaban J connectivity index is 2.39. The van der Waals surface area contributed by atoms with Crippen LogP contribution in [-0.4, -0.2) is 23.4 Å². The molecule has 0 aliphatic rings. The van der Waals surface area contributed by atoms with Gasteiger partial charge in [-0.25, -0.2) is 0 Å². The summed E-state index contributed by atoms with van der Waals surface area (Å²) in [6.07, 6.45) is 5.66. The molecule has 1 rings (SSSR count). The maximum absolute atomic E-state index is 12.0. The van der Waals surface area contributed by atoms with E-state index in [4.69, 9.17) is 4.74 Å². The summed E-state index contributed by atoms with van der Waals surface area (Å²) >= 11 is 0. The molecule has 116 valence electrons. The van der Waals surface area contributed by atoms with Gasteiger partial charge in [0, 0.05) is 17.7 Å². The number of nitrogens with zero attached hydrogens (tertiary/aromatic N) is 1. The van der Waals surface area contributed by atoms with Crippen LogP contribution in [-0.2, 0) is 4.74 Å². The monoisotopic (exact) mass is 293 g/mol. The molecular weight excluding hydrogens is 270 g/mol. The van der Waals surface area contributed by atoms with Gasteiger partial charge >= 0.3 is 0 Å². The minimum absolute atomic E-state index is 0.0316. The molecule has 0 N–H and O–H groups in total. The molecule has 0 spiro atoms. The maximum Gasteiger partial charge on any atom is 0.270 e. The molecule has 5 heteroatoms. The van der Waals surface area contributed by atoms with E-state index in [1.54, 1.807) is 6.07 Å². The van der Waals surface area contributed by atoms with Crippen molar-refractivity contribution in [3.05, 3.63) is 39.9 Å². The van der Waals surface area contributed by atoms with E-state index in [1.807, 2.05) is 6.92 Å². The Labute approximate surface area is 125 Å². The molecule has 1 unspecified atom stereocenters. The molecule has 0 fully saturated rings. The van der Waals surface area contributed by atoms with Gasteiger partial charge in [-0.1, -0.05) is 44.7 Å². The molecular formula is C16H23NO4. The summed E-state index contributed by atoms with van der Waals surface area (Å²) in [5, 5.41) is 10.7. The third kappa shape index (κ3) is 6.49. The van der Waals surface area contributed by atoms with Gasteiger partial charge in [-0.3, -0.25) is 14.9 Å². The average Bonchev–Trinajstić information content (AvgIpc) is 2.49. The number of carbonyl (C=O) groups is 1. The molecule has 0 aromatic heterocycles. The van der Waals surface area contributed by atoms with Crippen LogP contribution in [0.5, 0.6) is 0 Å². The van der Waals surface area contributed by atoms with Gasteiger partial charge in [0.1, 0.15) is 6.61 Å². The van der Waals surface area contributed by atoms with Crippen molar-refractivity contribution in [2.45, 2.75) is 52.1 Å². The number of rotatable bonds is 10. The summed E-state index contributed by atoms with van der Waals surface area (Å²) in [4.78, 5) is 22.1. The third-order valence-electron chi connectivity index (χ3n) is 3.34. The second-order valence-electron chi connectivity index (χ2n) is 5.20. The van der Waals surface area contributed by atoms with Gasteiger partial charge in [0.2, 0.25) is 0 Å². The largest absolute Gasteiger partial charge is 0.370 e. The lowest BCUT2D eigenvalue weighted by Gasteiger charge is -2.12. The molecule has 0 aliphatic heterocycles. The SMILES string of the molecule is CCCCCCC(C)OCC(=O)c1cccc([N+](=O)[O-])c1. The number of hydrogen-bond donors (Lipinski definition) is 0. The fourth-order valence-corrected chi connectivity index (χ4v) is 2.04. The first-order valence-corrected chi connectivity index (χ1v) is 7.43. The lowest BCUT2D eigenvalue weighted by molar-refractivity contribution is -0.384. The number of nitro groups is 1. The van der Waals surface area contributed by atoms with E-state index in [0.717, 1.165) is 12.8 Å². The second kappa shape index (κ2) is 9.23. The van der Waals surface area contributed by atoms with E-state index in [-0.39, 0.29) is 24.2 Å². The first-order valence-electron chi connectivity index (χ1n) is 7.43. The van der Waals surface area contributed by atoms with Crippen molar-refractivity contribution < 1.29 is 14.5 Å². The third-order valence-corrected chi connectivity index (χ3v) is 3.34. The molecule has 0 radical (unpaired) electrons. The molecule has 0 amide bonds. The summed E-state index contributed by atoms with van der Waals surface area (Å²) in [5.41, 5.74) is 0.246. The predicted octanol–water partition coefficient (Wildman–Crippen LogP) is 4.15. The van der Waals surface area contributed by atoms with Gasteiger partial charge in [-0.05, 0) is 13.3 Å². The molecule has 0 aliphatic carbocycles. The highest BCUT2D eigenvalue weighted by Crippen LogP contribution is 2.14. The zero-order chi connectivity index (χ0) is 15.7. The van der Waals surface area contributed by atoms with E-state index in [2.05, 4.69) is 6.92 Å². The number of benzene rings is 1. The van der Waals surface area contributed by atoms with Crippen molar-refractivity contribution >= 4 is 11.5 Å². The van der Waals surface area contributed by atoms with Crippen molar-refractivity contribution in [3.63, 3.8) is 0 Å². The van der Waals surface area contributed by atoms with E-state index >= 15 is 0 Å². The Morgan fingerprint density at radius 3 is 2.76 bits per heavy atom. The number of ketones is 1. The van der Waals surface area contributed by atoms with Crippen LogP contribution in [0.25, 0.3) is 0 Å². The summed E-state index contributed by atoms with van der Waals surface area (Å²) in [6, 6.07) is 5.75. The van der Waals surface area contributed by atoms with Crippen LogP contribution in [0.1, 0.15) is 56.3 Å². The molecule has 1 atom stereocenters. The molecule has 5 nitrogen and oxygen atoms in total. The topological polar surface area (TPSA) is 69.4 Å². The minimum Gasteiger partial charge on any atom is -0.370 e. The zero-order valence-electron chi connectivity index (χ0n) is 12.7. The molecule has 21 heavy (non-hydrogen) atoms. The number of hydrogen-bond acceptors (Lipinski definition) is 4. The van der Waals surface area contributed by atoms with Crippen molar-refractivity contribution in [3.8, 4) is 0 Å². The van der Waals surface area contributed by atoms with Crippen LogP contribution in [0.15, 0.2) is 24.3 Å². The number of non-ortho nitro benzene ring substituents is 1. The van der Waals surface area contributed by atoms with E-state index < -0.39 is 4.92 Å². The minimum atomic E-state index is -0.506. The van der Waals surface area contributed by atoms with Crippen LogP contribution >= 0.6 is 0 Å². The lowest BCUT2D eigenvalue weighted by atomic mass is 10.1. The Morgan fingerprint density at radius 1 is 1.33 bits per heavy atom. The van der Waals surface area contributed by atoms with Gasteiger partial charge in [0.15, 0.2) is 5.78 Å². The maximum atomic E-state index is 12.0. The van der Waals surface area contributed by atoms with Crippen molar-refractivity contribution in [1.82, 2.24) is 0 Å². The summed E-state index contributed by atoms with van der Waals surface area (Å²) < 4.78 is 5.52. The smallest absolute Gasteiger partial charge is 0.270 e. The first-order chi connectivity index (χ1) is 10.0. The van der Waals surface area contributed by atoms with Gasteiger partial charge < -0.3 is 4.74 Å². The number of unbranched alkanes of at least 4 members (excludes halogenated alkanes) is 3. The van der Waals surface area contributed by atoms with Crippen LogP contribution < -0.4 is 0 Å². The molecule has 1 aromatic carbocycles.